The van der Waals surface area contributed by atoms with Gasteiger partial charge in [0.25, 0.3) is 0 Å². The highest BCUT2D eigenvalue weighted by Crippen LogP contribution is 2.26. The van der Waals surface area contributed by atoms with Crippen LogP contribution in [0.3, 0.4) is 0 Å². The van der Waals surface area contributed by atoms with Gasteiger partial charge in [0, 0.05) is 0 Å². The molecule has 1 atom stereocenters. The number of amides is 1. The summed E-state index contributed by atoms with van der Waals surface area (Å²) in [5.41, 5.74) is 2.99. The third-order valence-electron chi connectivity index (χ3n) is 4.81. The highest BCUT2D eigenvalue weighted by atomic mass is 79.9. The Kier molecular flexibility index (Phi) is 9.78. The van der Waals surface area contributed by atoms with E-state index in [2.05, 4.69) is 26.7 Å². The van der Waals surface area contributed by atoms with Crippen LogP contribution >= 0.6 is 15.9 Å². The molecule has 0 aliphatic carbocycles. The van der Waals surface area contributed by atoms with Crippen LogP contribution in [-0.2, 0) is 25.6 Å². The number of hydrazine groups is 2. The summed E-state index contributed by atoms with van der Waals surface area (Å²) in [5.74, 6) is -1.28. The first kappa shape index (κ1) is 28.2. The third kappa shape index (κ3) is 8.32. The molecular weight excluding hydrogens is 524 g/mol. The lowest BCUT2D eigenvalue weighted by Crippen LogP contribution is -2.48. The van der Waals surface area contributed by atoms with Gasteiger partial charge in [-0.1, -0.05) is 26.0 Å². The van der Waals surface area contributed by atoms with Crippen molar-refractivity contribution in [3.8, 4) is 5.75 Å². The maximum absolute atomic E-state index is 12.7. The summed E-state index contributed by atoms with van der Waals surface area (Å²) >= 11 is 3.31. The van der Waals surface area contributed by atoms with Crippen LogP contribution in [0.4, 0.5) is 4.79 Å². The number of methoxy groups -OCH3 is 1. The molecule has 0 saturated carbocycles. The SMILES string of the molecule is COc1ccc(CN2NC(C(=O)O)=C(Br)N2CCOC(=O)C(NC(=O)OC(C)(C)C)C(C)C)cc1. The zero-order chi connectivity index (χ0) is 26.3. The van der Waals surface area contributed by atoms with Crippen molar-refractivity contribution in [1.82, 2.24) is 20.9 Å². The lowest BCUT2D eigenvalue weighted by atomic mass is 10.1. The molecule has 1 aromatic carbocycles. The van der Waals surface area contributed by atoms with E-state index in [-0.39, 0.29) is 24.8 Å². The zero-order valence-corrected chi connectivity index (χ0v) is 22.3. The van der Waals surface area contributed by atoms with Crippen molar-refractivity contribution in [3.63, 3.8) is 0 Å². The van der Waals surface area contributed by atoms with Crippen LogP contribution in [-0.4, -0.2) is 65.2 Å². The maximum atomic E-state index is 12.7. The van der Waals surface area contributed by atoms with Gasteiger partial charge in [-0.25, -0.2) is 14.4 Å². The highest BCUT2D eigenvalue weighted by Gasteiger charge is 2.33. The Labute approximate surface area is 213 Å². The number of carboxylic acids is 1. The van der Waals surface area contributed by atoms with Gasteiger partial charge in [0.1, 0.15) is 28.6 Å². The summed E-state index contributed by atoms with van der Waals surface area (Å²) in [6.07, 6.45) is -0.709. The Hall–Kier alpha value is -2.99. The molecule has 35 heavy (non-hydrogen) atoms. The number of carbonyl (C=O) groups is 3. The molecule has 0 spiro atoms. The van der Waals surface area contributed by atoms with Crippen LogP contribution < -0.4 is 15.5 Å². The van der Waals surface area contributed by atoms with E-state index in [0.717, 1.165) is 5.56 Å². The van der Waals surface area contributed by atoms with Crippen molar-refractivity contribution in [3.05, 3.63) is 40.1 Å². The number of carbonyl (C=O) groups excluding carboxylic acids is 2. The Morgan fingerprint density at radius 2 is 1.80 bits per heavy atom. The summed E-state index contributed by atoms with van der Waals surface area (Å²) in [6.45, 7) is 9.18. The monoisotopic (exact) mass is 556 g/mol. The number of ether oxygens (including phenoxy) is 3. The summed E-state index contributed by atoms with van der Waals surface area (Å²) in [5, 5.41) is 15.3. The molecule has 194 valence electrons. The second-order valence-corrected chi connectivity index (χ2v) is 9.90. The number of nitrogens with zero attached hydrogens (tertiary/aromatic N) is 2. The number of benzene rings is 1. The smallest absolute Gasteiger partial charge is 0.408 e. The number of hydrogen-bond donors (Lipinski definition) is 3. The Morgan fingerprint density at radius 3 is 2.31 bits per heavy atom. The molecule has 0 bridgehead atoms. The maximum Gasteiger partial charge on any atom is 0.408 e. The summed E-state index contributed by atoms with van der Waals surface area (Å²) in [4.78, 5) is 36.4. The van der Waals surface area contributed by atoms with Gasteiger partial charge in [-0.3, -0.25) is 10.4 Å². The predicted octanol–water partition coefficient (Wildman–Crippen LogP) is 2.97. The van der Waals surface area contributed by atoms with E-state index >= 15 is 0 Å². The van der Waals surface area contributed by atoms with Gasteiger partial charge in [-0.15, -0.1) is 5.12 Å². The normalized spacial score (nSPS) is 15.0. The number of hydrogen-bond acceptors (Lipinski definition) is 9. The van der Waals surface area contributed by atoms with Crippen LogP contribution in [0.5, 0.6) is 5.75 Å². The molecule has 1 aliphatic heterocycles. The van der Waals surface area contributed by atoms with Gasteiger partial charge < -0.3 is 24.6 Å². The summed E-state index contributed by atoms with van der Waals surface area (Å²) < 4.78 is 16.1. The van der Waals surface area contributed by atoms with E-state index in [1.165, 1.54) is 0 Å². The van der Waals surface area contributed by atoms with Crippen molar-refractivity contribution in [2.24, 2.45) is 5.92 Å². The molecule has 0 fully saturated rings. The lowest BCUT2D eigenvalue weighted by molar-refractivity contribution is -0.149. The number of carboxylic acid groups (broad SMARTS) is 1. The van der Waals surface area contributed by atoms with Crippen molar-refractivity contribution in [2.45, 2.75) is 52.8 Å². The number of alkyl carbamates (subject to hydrolysis) is 1. The Balaban J connectivity index is 2.03. The standard InChI is InChI=1S/C23H33BrN4O7/c1-14(2)17(25-22(32)35-23(3,4)5)21(31)34-12-11-27-19(24)18(20(29)30)26-28(27)13-15-7-9-16(33-6)10-8-15/h7-10,14,17,26H,11-13H2,1-6H3,(H,25,32)(H,29,30). The zero-order valence-electron chi connectivity index (χ0n) is 20.8. The average Bonchev–Trinajstić information content (AvgIpc) is 3.06. The molecule has 1 heterocycles. The Morgan fingerprint density at radius 1 is 1.17 bits per heavy atom. The van der Waals surface area contributed by atoms with Crippen LogP contribution in [0.2, 0.25) is 0 Å². The van der Waals surface area contributed by atoms with E-state index in [0.29, 0.717) is 16.9 Å². The topological polar surface area (TPSA) is 130 Å². The highest BCUT2D eigenvalue weighted by molar-refractivity contribution is 9.11. The number of aliphatic carboxylic acids is 1. The van der Waals surface area contributed by atoms with E-state index in [9.17, 15) is 19.5 Å². The molecular formula is C23H33BrN4O7. The molecule has 11 nitrogen and oxygen atoms in total. The molecule has 1 aromatic rings. The fourth-order valence-electron chi connectivity index (χ4n) is 3.11. The van der Waals surface area contributed by atoms with Crippen LogP contribution in [0.15, 0.2) is 34.6 Å². The van der Waals surface area contributed by atoms with Gasteiger partial charge in [-0.05, 0) is 60.3 Å². The van der Waals surface area contributed by atoms with Crippen LogP contribution in [0.25, 0.3) is 0 Å². The van der Waals surface area contributed by atoms with Crippen molar-refractivity contribution >= 4 is 34.0 Å². The van der Waals surface area contributed by atoms with Crippen LogP contribution in [0, 0.1) is 5.92 Å². The van der Waals surface area contributed by atoms with Gasteiger partial charge in [0.2, 0.25) is 0 Å². The number of esters is 1. The first-order chi connectivity index (χ1) is 16.3. The van der Waals surface area contributed by atoms with E-state index < -0.39 is 29.7 Å². The van der Waals surface area contributed by atoms with Gasteiger partial charge in [0.15, 0.2) is 5.70 Å². The number of halogens is 1. The van der Waals surface area contributed by atoms with E-state index in [1.54, 1.807) is 51.9 Å². The fraction of sp³-hybridized carbons (Fsp3) is 0.522. The second kappa shape index (κ2) is 12.1. The Bertz CT molecular complexity index is 944. The molecule has 2 rings (SSSR count). The van der Waals surface area contributed by atoms with Gasteiger partial charge >= 0.3 is 18.0 Å². The minimum Gasteiger partial charge on any atom is -0.497 e. The van der Waals surface area contributed by atoms with E-state index in [1.807, 2.05) is 24.3 Å². The minimum atomic E-state index is -1.14. The fourth-order valence-corrected chi connectivity index (χ4v) is 3.74. The average molecular weight is 557 g/mol. The van der Waals surface area contributed by atoms with Gasteiger partial charge in [-0.2, -0.15) is 0 Å². The largest absolute Gasteiger partial charge is 0.497 e. The predicted molar refractivity (Wildman–Crippen MR) is 131 cm³/mol. The summed E-state index contributed by atoms with van der Waals surface area (Å²) in [6, 6.07) is 6.44. The second-order valence-electron chi connectivity index (χ2n) is 9.15. The quantitative estimate of drug-likeness (QED) is 0.292. The van der Waals surface area contributed by atoms with Crippen molar-refractivity contribution in [2.75, 3.05) is 20.3 Å². The summed E-state index contributed by atoms with van der Waals surface area (Å²) in [7, 11) is 1.58. The first-order valence-electron chi connectivity index (χ1n) is 11.1. The van der Waals surface area contributed by atoms with Crippen molar-refractivity contribution in [1.29, 1.82) is 0 Å². The minimum absolute atomic E-state index is 0.0449. The molecule has 1 aliphatic rings. The first-order valence-corrected chi connectivity index (χ1v) is 11.9. The third-order valence-corrected chi connectivity index (χ3v) is 5.62. The molecule has 1 amide bonds. The van der Waals surface area contributed by atoms with Gasteiger partial charge in [0.05, 0.1) is 20.2 Å². The number of nitrogens with one attached hydrogen (secondary N) is 2. The molecule has 0 saturated heterocycles. The van der Waals surface area contributed by atoms with E-state index in [4.69, 9.17) is 14.2 Å². The molecule has 0 radical (unpaired) electrons. The lowest BCUT2D eigenvalue weighted by Gasteiger charge is -2.30. The molecule has 1 unspecified atom stereocenters. The molecule has 12 heteroatoms. The molecule has 3 N–H and O–H groups in total. The molecule has 0 aromatic heterocycles. The number of rotatable bonds is 10. The van der Waals surface area contributed by atoms with Crippen LogP contribution in [0.1, 0.15) is 40.2 Å². The van der Waals surface area contributed by atoms with Crippen molar-refractivity contribution < 1.29 is 33.7 Å².